The average molecular weight is 442 g/mol. The molecule has 3 aromatic rings. The zero-order valence-corrected chi connectivity index (χ0v) is 19.4. The molecule has 33 heavy (non-hydrogen) atoms. The van der Waals surface area contributed by atoms with E-state index in [1.807, 2.05) is 0 Å². The van der Waals surface area contributed by atoms with Crippen LogP contribution in [0.25, 0.3) is 0 Å². The van der Waals surface area contributed by atoms with Gasteiger partial charge in [-0.1, -0.05) is 23.8 Å². The molecule has 1 aliphatic heterocycles. The number of carboxylic acid groups (broad SMARTS) is 1. The molecule has 5 nitrogen and oxygen atoms in total. The zero-order valence-electron chi connectivity index (χ0n) is 19.4. The lowest BCUT2D eigenvalue weighted by Crippen LogP contribution is -2.20. The minimum absolute atomic E-state index is 0.284. The third-order valence-electron chi connectivity index (χ3n) is 7.05. The van der Waals surface area contributed by atoms with Crippen molar-refractivity contribution in [1.29, 1.82) is 0 Å². The first-order chi connectivity index (χ1) is 16.0. The molecule has 1 aliphatic carbocycles. The third kappa shape index (κ3) is 4.64. The van der Waals surface area contributed by atoms with Gasteiger partial charge < -0.3 is 10.0 Å². The van der Waals surface area contributed by atoms with Crippen molar-refractivity contribution in [3.05, 3.63) is 88.7 Å². The van der Waals surface area contributed by atoms with Crippen LogP contribution in [-0.2, 0) is 13.0 Å². The molecule has 1 fully saturated rings. The highest BCUT2D eigenvalue weighted by molar-refractivity contribution is 5.89. The second-order valence-corrected chi connectivity index (χ2v) is 9.58. The summed E-state index contributed by atoms with van der Waals surface area (Å²) in [5, 5.41) is 9.48. The predicted molar refractivity (Wildman–Crippen MR) is 131 cm³/mol. The highest BCUT2D eigenvalue weighted by Gasteiger charge is 2.30. The summed E-state index contributed by atoms with van der Waals surface area (Å²) in [4.78, 5) is 20.6. The number of anilines is 2. The van der Waals surface area contributed by atoms with Gasteiger partial charge in [-0.2, -0.15) is 0 Å². The van der Waals surface area contributed by atoms with Crippen LogP contribution in [-0.4, -0.2) is 34.6 Å². The number of hydrogen-bond acceptors (Lipinski definition) is 4. The van der Waals surface area contributed by atoms with E-state index < -0.39 is 5.97 Å². The molecule has 2 aromatic carbocycles. The Morgan fingerprint density at radius 2 is 1.88 bits per heavy atom. The van der Waals surface area contributed by atoms with Crippen molar-refractivity contribution in [2.75, 3.05) is 18.5 Å². The first-order valence-corrected chi connectivity index (χ1v) is 11.8. The Morgan fingerprint density at radius 1 is 1.12 bits per heavy atom. The molecule has 0 saturated heterocycles. The zero-order chi connectivity index (χ0) is 22.9. The smallest absolute Gasteiger partial charge is 0.336 e. The summed E-state index contributed by atoms with van der Waals surface area (Å²) < 4.78 is 0. The van der Waals surface area contributed by atoms with E-state index in [9.17, 15) is 9.90 Å². The summed E-state index contributed by atoms with van der Waals surface area (Å²) in [6.45, 7) is 4.11. The number of benzene rings is 2. The number of rotatable bonds is 8. The van der Waals surface area contributed by atoms with Crippen LogP contribution in [0.3, 0.4) is 0 Å². The Bertz CT molecular complexity index is 1150. The molecule has 1 atom stereocenters. The van der Waals surface area contributed by atoms with Crippen LogP contribution in [0.5, 0.6) is 0 Å². The summed E-state index contributed by atoms with van der Waals surface area (Å²) in [7, 11) is 2.16. The van der Waals surface area contributed by atoms with Crippen molar-refractivity contribution in [3.63, 3.8) is 0 Å². The molecule has 0 spiro atoms. The van der Waals surface area contributed by atoms with E-state index in [0.717, 1.165) is 31.0 Å². The number of carbonyl (C=O) groups is 1. The van der Waals surface area contributed by atoms with Crippen molar-refractivity contribution in [3.8, 4) is 0 Å². The maximum absolute atomic E-state index is 11.6. The Morgan fingerprint density at radius 3 is 2.61 bits per heavy atom. The molecular formula is C28H31N3O2. The third-order valence-corrected chi connectivity index (χ3v) is 7.05. The van der Waals surface area contributed by atoms with E-state index in [-0.39, 0.29) is 6.04 Å². The molecule has 0 bridgehead atoms. The van der Waals surface area contributed by atoms with E-state index in [0.29, 0.717) is 12.0 Å². The molecule has 0 amide bonds. The van der Waals surface area contributed by atoms with Crippen LogP contribution in [0.15, 0.2) is 60.9 Å². The molecule has 2 aliphatic rings. The van der Waals surface area contributed by atoms with Gasteiger partial charge in [0.1, 0.15) is 0 Å². The van der Waals surface area contributed by atoms with E-state index in [4.69, 9.17) is 0 Å². The summed E-state index contributed by atoms with van der Waals surface area (Å²) in [6.07, 6.45) is 7.46. The predicted octanol–water partition coefficient (Wildman–Crippen LogP) is 5.76. The van der Waals surface area contributed by atoms with Gasteiger partial charge in [0, 0.05) is 42.9 Å². The number of carboxylic acids is 1. The molecule has 0 unspecified atom stereocenters. The normalized spacial score (nSPS) is 17.7. The van der Waals surface area contributed by atoms with E-state index >= 15 is 0 Å². The lowest BCUT2D eigenvalue weighted by atomic mass is 9.96. The first kappa shape index (κ1) is 21.7. The number of nitrogens with zero attached hydrogens (tertiary/aromatic N) is 3. The van der Waals surface area contributed by atoms with Gasteiger partial charge in [0.05, 0.1) is 5.56 Å². The fourth-order valence-electron chi connectivity index (χ4n) is 4.98. The van der Waals surface area contributed by atoms with E-state index in [1.54, 1.807) is 18.5 Å². The van der Waals surface area contributed by atoms with Gasteiger partial charge in [-0.15, -0.1) is 0 Å². The highest BCUT2D eigenvalue weighted by atomic mass is 16.4. The van der Waals surface area contributed by atoms with Crippen molar-refractivity contribution in [2.45, 2.75) is 45.2 Å². The van der Waals surface area contributed by atoms with Crippen LogP contribution in [0.1, 0.15) is 57.9 Å². The van der Waals surface area contributed by atoms with Crippen molar-refractivity contribution >= 4 is 17.3 Å². The molecule has 1 N–H and O–H groups in total. The van der Waals surface area contributed by atoms with Gasteiger partial charge in [0.15, 0.2) is 0 Å². The van der Waals surface area contributed by atoms with Crippen LogP contribution in [0.4, 0.5) is 11.4 Å². The molecule has 5 rings (SSSR count). The Labute approximate surface area is 195 Å². The number of aromatic nitrogens is 1. The quantitative estimate of drug-likeness (QED) is 0.482. The lowest BCUT2D eigenvalue weighted by molar-refractivity contribution is 0.0695. The maximum atomic E-state index is 11.6. The lowest BCUT2D eigenvalue weighted by Gasteiger charge is -2.26. The van der Waals surface area contributed by atoms with Crippen molar-refractivity contribution in [2.24, 2.45) is 5.92 Å². The molecule has 1 aromatic heterocycles. The number of fused-ring (bicyclic) bond motifs is 1. The molecule has 170 valence electrons. The van der Waals surface area contributed by atoms with Gasteiger partial charge in [0.2, 0.25) is 0 Å². The summed E-state index contributed by atoms with van der Waals surface area (Å²) >= 11 is 0. The molecule has 5 heteroatoms. The SMILES string of the molecule is Cc1ccc(N(CC2CC2)c2ccc3c(c2)CN(C)[C@H]3CCc2cnccc2C(=O)O)cc1. The Balaban J connectivity index is 1.38. The van der Waals surface area contributed by atoms with Gasteiger partial charge in [-0.3, -0.25) is 9.88 Å². The van der Waals surface area contributed by atoms with E-state index in [1.165, 1.54) is 40.9 Å². The fourth-order valence-corrected chi connectivity index (χ4v) is 4.98. The van der Waals surface area contributed by atoms with Crippen LogP contribution < -0.4 is 4.90 Å². The second-order valence-electron chi connectivity index (χ2n) is 9.58. The van der Waals surface area contributed by atoms with Crippen LogP contribution in [0, 0.1) is 12.8 Å². The number of aromatic carboxylic acids is 1. The summed E-state index contributed by atoms with van der Waals surface area (Å²) in [5.41, 5.74) is 7.69. The van der Waals surface area contributed by atoms with Crippen LogP contribution >= 0.6 is 0 Å². The standard InChI is InChI=1S/C28H31N3O2/c1-19-3-8-23(9-4-19)31(17-20-5-6-20)24-10-11-25-22(15-24)18-30(2)27(25)12-7-21-16-29-14-13-26(21)28(32)33/h3-4,8-11,13-16,20,27H,5-7,12,17-18H2,1-2H3,(H,32,33)/t27-/m0/s1. The van der Waals surface area contributed by atoms with Crippen LogP contribution in [0.2, 0.25) is 0 Å². The van der Waals surface area contributed by atoms with Crippen molar-refractivity contribution in [1.82, 2.24) is 9.88 Å². The van der Waals surface area contributed by atoms with Gasteiger partial charge in [-0.05, 0) is 92.6 Å². The van der Waals surface area contributed by atoms with E-state index in [2.05, 4.69) is 71.2 Å². The number of aryl methyl sites for hydroxylation is 2. The highest BCUT2D eigenvalue weighted by Crippen LogP contribution is 2.40. The largest absolute Gasteiger partial charge is 0.478 e. The number of hydrogen-bond donors (Lipinski definition) is 1. The molecule has 1 saturated carbocycles. The minimum atomic E-state index is -0.885. The topological polar surface area (TPSA) is 56.7 Å². The van der Waals surface area contributed by atoms with Gasteiger partial charge in [-0.25, -0.2) is 4.79 Å². The maximum Gasteiger partial charge on any atom is 0.336 e. The minimum Gasteiger partial charge on any atom is -0.478 e. The molecular weight excluding hydrogens is 410 g/mol. The van der Waals surface area contributed by atoms with Crippen molar-refractivity contribution < 1.29 is 9.90 Å². The Kier molecular flexibility index (Phi) is 5.90. The average Bonchev–Trinajstić information content (AvgIpc) is 3.58. The Hall–Kier alpha value is -3.18. The fraction of sp³-hybridized carbons (Fsp3) is 0.357. The number of pyridine rings is 1. The molecule has 0 radical (unpaired) electrons. The second kappa shape index (κ2) is 8.99. The summed E-state index contributed by atoms with van der Waals surface area (Å²) in [6, 6.07) is 17.6. The summed E-state index contributed by atoms with van der Waals surface area (Å²) in [5.74, 6) is -0.0954. The monoisotopic (exact) mass is 441 g/mol. The molecule has 2 heterocycles. The van der Waals surface area contributed by atoms with Gasteiger partial charge in [0.25, 0.3) is 0 Å². The van der Waals surface area contributed by atoms with Gasteiger partial charge >= 0.3 is 5.97 Å². The first-order valence-electron chi connectivity index (χ1n) is 11.8.